The molecule has 5 nitrogen and oxygen atoms in total. The lowest BCUT2D eigenvalue weighted by Gasteiger charge is -2.20. The van der Waals surface area contributed by atoms with Crippen LogP contribution in [0, 0.1) is 0 Å². The van der Waals surface area contributed by atoms with Crippen molar-refractivity contribution in [1.29, 1.82) is 0 Å². The molecular formula is C18H27BrN2O3. The van der Waals surface area contributed by atoms with Gasteiger partial charge in [-0.3, -0.25) is 9.59 Å². The lowest BCUT2D eigenvalue weighted by molar-refractivity contribution is -0.122. The second-order valence-electron chi connectivity index (χ2n) is 6.68. The third kappa shape index (κ3) is 7.81. The molecule has 0 saturated heterocycles. The lowest BCUT2D eigenvalue weighted by atomic mass is 9.87. The lowest BCUT2D eigenvalue weighted by Crippen LogP contribution is -2.33. The van der Waals surface area contributed by atoms with Gasteiger partial charge in [0.05, 0.1) is 11.1 Å². The van der Waals surface area contributed by atoms with Crippen LogP contribution in [0.2, 0.25) is 0 Å². The van der Waals surface area contributed by atoms with Crippen LogP contribution in [-0.4, -0.2) is 31.5 Å². The number of carbonyl (C=O) groups is 2. The summed E-state index contributed by atoms with van der Waals surface area (Å²) in [5.74, 6) is 0.654. The van der Waals surface area contributed by atoms with Crippen molar-refractivity contribution >= 4 is 27.7 Å². The molecule has 0 atom stereocenters. The summed E-state index contributed by atoms with van der Waals surface area (Å²) < 4.78 is 6.65. The van der Waals surface area contributed by atoms with Crippen LogP contribution in [0.25, 0.3) is 0 Å². The van der Waals surface area contributed by atoms with Crippen LogP contribution in [0.1, 0.15) is 46.1 Å². The maximum atomic E-state index is 11.6. The maximum absolute atomic E-state index is 11.6. The van der Waals surface area contributed by atoms with E-state index >= 15 is 0 Å². The third-order valence-electron chi connectivity index (χ3n) is 3.42. The Balaban J connectivity index is 2.28. The minimum Gasteiger partial charge on any atom is -0.492 e. The zero-order valence-electron chi connectivity index (χ0n) is 14.9. The molecule has 1 aromatic rings. The first-order valence-electron chi connectivity index (χ1n) is 8.14. The number of hydrogen-bond donors (Lipinski definition) is 2. The maximum Gasteiger partial charge on any atom is 0.220 e. The first-order chi connectivity index (χ1) is 11.2. The van der Waals surface area contributed by atoms with Crippen molar-refractivity contribution in [2.75, 3.05) is 19.7 Å². The molecule has 0 radical (unpaired) electrons. The number of ether oxygens (including phenoxy) is 1. The Kier molecular flexibility index (Phi) is 8.25. The summed E-state index contributed by atoms with van der Waals surface area (Å²) in [5, 5.41) is 5.38. The van der Waals surface area contributed by atoms with Gasteiger partial charge < -0.3 is 15.4 Å². The zero-order valence-corrected chi connectivity index (χ0v) is 16.5. The van der Waals surface area contributed by atoms with E-state index in [9.17, 15) is 9.59 Å². The Morgan fingerprint density at radius 3 is 2.42 bits per heavy atom. The number of carbonyl (C=O) groups excluding carboxylic acids is 2. The molecule has 24 heavy (non-hydrogen) atoms. The standard InChI is InChI=1S/C18H27BrN2O3/c1-13(22)20-9-10-21-17(23)6-5-11-24-16-8-7-14(12-15(16)19)18(2,3)4/h7-8,12H,5-6,9-11H2,1-4H3,(H,20,22)(H,21,23). The second-order valence-corrected chi connectivity index (χ2v) is 7.53. The first-order valence-corrected chi connectivity index (χ1v) is 8.93. The molecule has 0 saturated carbocycles. The molecule has 0 bridgehead atoms. The van der Waals surface area contributed by atoms with Crippen molar-refractivity contribution in [2.45, 2.75) is 46.0 Å². The van der Waals surface area contributed by atoms with Gasteiger partial charge in [0.25, 0.3) is 0 Å². The van der Waals surface area contributed by atoms with E-state index in [-0.39, 0.29) is 17.2 Å². The highest BCUT2D eigenvalue weighted by molar-refractivity contribution is 9.10. The molecule has 6 heteroatoms. The Morgan fingerprint density at radius 1 is 1.17 bits per heavy atom. The zero-order chi connectivity index (χ0) is 18.2. The van der Waals surface area contributed by atoms with Gasteiger partial charge in [0.2, 0.25) is 11.8 Å². The minimum absolute atomic E-state index is 0.0360. The smallest absolute Gasteiger partial charge is 0.220 e. The fraction of sp³-hybridized carbons (Fsp3) is 0.556. The summed E-state index contributed by atoms with van der Waals surface area (Å²) in [5.41, 5.74) is 1.33. The molecule has 2 N–H and O–H groups in total. The van der Waals surface area contributed by atoms with Gasteiger partial charge in [-0.15, -0.1) is 0 Å². The van der Waals surface area contributed by atoms with Crippen molar-refractivity contribution in [3.63, 3.8) is 0 Å². The largest absolute Gasteiger partial charge is 0.492 e. The van der Waals surface area contributed by atoms with E-state index < -0.39 is 0 Å². The highest BCUT2D eigenvalue weighted by atomic mass is 79.9. The molecule has 0 spiro atoms. The highest BCUT2D eigenvalue weighted by Gasteiger charge is 2.15. The summed E-state index contributed by atoms with van der Waals surface area (Å²) in [6, 6.07) is 6.09. The molecule has 0 heterocycles. The summed E-state index contributed by atoms with van der Waals surface area (Å²) in [4.78, 5) is 22.3. The van der Waals surface area contributed by atoms with Crippen LogP contribution < -0.4 is 15.4 Å². The molecule has 0 aliphatic rings. The predicted molar refractivity (Wildman–Crippen MR) is 99.3 cm³/mol. The molecule has 2 amide bonds. The number of nitrogens with one attached hydrogen (secondary N) is 2. The quantitative estimate of drug-likeness (QED) is 0.660. The number of hydrogen-bond acceptors (Lipinski definition) is 3. The number of halogens is 1. The molecule has 0 aliphatic heterocycles. The van der Waals surface area contributed by atoms with Crippen LogP contribution in [0.4, 0.5) is 0 Å². The molecule has 1 aromatic carbocycles. The average molecular weight is 399 g/mol. The molecule has 0 fully saturated rings. The normalized spacial score (nSPS) is 11.0. The number of rotatable bonds is 8. The third-order valence-corrected chi connectivity index (χ3v) is 4.04. The van der Waals surface area contributed by atoms with Gasteiger partial charge in [-0.05, 0) is 45.5 Å². The van der Waals surface area contributed by atoms with E-state index in [2.05, 4.69) is 59.5 Å². The topological polar surface area (TPSA) is 67.4 Å². The summed E-state index contributed by atoms with van der Waals surface area (Å²) >= 11 is 3.54. The van der Waals surface area contributed by atoms with Crippen LogP contribution in [0.15, 0.2) is 22.7 Å². The van der Waals surface area contributed by atoms with Crippen LogP contribution in [-0.2, 0) is 15.0 Å². The van der Waals surface area contributed by atoms with E-state index in [0.29, 0.717) is 32.5 Å². The van der Waals surface area contributed by atoms with E-state index in [1.165, 1.54) is 12.5 Å². The van der Waals surface area contributed by atoms with Crippen molar-refractivity contribution in [2.24, 2.45) is 0 Å². The minimum atomic E-state index is -0.0966. The molecular weight excluding hydrogens is 372 g/mol. The molecule has 0 aromatic heterocycles. The fourth-order valence-corrected chi connectivity index (χ4v) is 2.52. The Hall–Kier alpha value is -1.56. The predicted octanol–water partition coefficient (Wildman–Crippen LogP) is 3.16. The summed E-state index contributed by atoms with van der Waals surface area (Å²) in [7, 11) is 0. The highest BCUT2D eigenvalue weighted by Crippen LogP contribution is 2.31. The van der Waals surface area contributed by atoms with Crippen LogP contribution in [0.3, 0.4) is 0 Å². The molecule has 0 aliphatic carbocycles. The summed E-state index contributed by atoms with van der Waals surface area (Å²) in [6.07, 6.45) is 1.04. The number of amides is 2. The van der Waals surface area contributed by atoms with Crippen molar-refractivity contribution < 1.29 is 14.3 Å². The van der Waals surface area contributed by atoms with E-state index in [4.69, 9.17) is 4.74 Å². The van der Waals surface area contributed by atoms with Gasteiger partial charge in [0, 0.05) is 26.4 Å². The van der Waals surface area contributed by atoms with Crippen molar-refractivity contribution in [3.05, 3.63) is 28.2 Å². The van der Waals surface area contributed by atoms with Crippen molar-refractivity contribution in [3.8, 4) is 5.75 Å². The van der Waals surface area contributed by atoms with Crippen LogP contribution in [0.5, 0.6) is 5.75 Å². The van der Waals surface area contributed by atoms with E-state index in [1.807, 2.05) is 6.07 Å². The van der Waals surface area contributed by atoms with Crippen molar-refractivity contribution in [1.82, 2.24) is 10.6 Å². The number of benzene rings is 1. The first kappa shape index (κ1) is 20.5. The van der Waals surface area contributed by atoms with Gasteiger partial charge >= 0.3 is 0 Å². The van der Waals surface area contributed by atoms with Gasteiger partial charge in [-0.2, -0.15) is 0 Å². The van der Waals surface area contributed by atoms with Crippen LogP contribution >= 0.6 is 15.9 Å². The second kappa shape index (κ2) is 9.67. The molecule has 1 rings (SSSR count). The van der Waals surface area contributed by atoms with Gasteiger partial charge in [-0.25, -0.2) is 0 Å². The molecule has 134 valence electrons. The Bertz CT molecular complexity index is 568. The van der Waals surface area contributed by atoms with Gasteiger partial charge in [0.1, 0.15) is 5.75 Å². The van der Waals surface area contributed by atoms with E-state index in [1.54, 1.807) is 0 Å². The fourth-order valence-electron chi connectivity index (χ4n) is 2.03. The Labute approximate surface area is 152 Å². The van der Waals surface area contributed by atoms with E-state index in [0.717, 1.165) is 10.2 Å². The van der Waals surface area contributed by atoms with Gasteiger partial charge in [-0.1, -0.05) is 26.8 Å². The Morgan fingerprint density at radius 2 is 1.83 bits per heavy atom. The summed E-state index contributed by atoms with van der Waals surface area (Å²) in [6.45, 7) is 9.32. The molecule has 0 unspecified atom stereocenters. The van der Waals surface area contributed by atoms with Gasteiger partial charge in [0.15, 0.2) is 0 Å². The monoisotopic (exact) mass is 398 g/mol. The SMILES string of the molecule is CC(=O)NCCNC(=O)CCCOc1ccc(C(C)(C)C)cc1Br. The average Bonchev–Trinajstić information content (AvgIpc) is 2.48.